The van der Waals surface area contributed by atoms with Crippen LogP contribution in [0.1, 0.15) is 43.7 Å². The molecule has 1 aromatic heterocycles. The van der Waals surface area contributed by atoms with Crippen molar-refractivity contribution in [1.29, 1.82) is 0 Å². The normalized spacial score (nSPS) is 10.1. The molecule has 0 atom stereocenters. The Hall–Kier alpha value is -2.15. The first kappa shape index (κ1) is 18.9. The molecule has 0 saturated heterocycles. The molecule has 0 aliphatic heterocycles. The van der Waals surface area contributed by atoms with E-state index >= 15 is 0 Å². The van der Waals surface area contributed by atoms with Gasteiger partial charge in [-0.15, -0.1) is 0 Å². The van der Waals surface area contributed by atoms with Gasteiger partial charge in [-0.25, -0.2) is 9.78 Å². The average Bonchev–Trinajstić information content (AvgIpc) is 2.38. The van der Waals surface area contributed by atoms with Gasteiger partial charge >= 0.3 is 5.97 Å². The number of rotatable bonds is 4. The van der Waals surface area contributed by atoms with Crippen LogP contribution in [0.5, 0.6) is 0 Å². The third-order valence-electron chi connectivity index (χ3n) is 2.00. The molecule has 1 heterocycles. The van der Waals surface area contributed by atoms with Gasteiger partial charge < -0.3 is 20.3 Å². The SMILES string of the molecule is CC(C)(C)OC(=O)c1ccc(CO)nc1N.CCOC=O. The van der Waals surface area contributed by atoms with Crippen LogP contribution in [0, 0.1) is 0 Å². The number of nitrogen functional groups attached to an aromatic ring is 1. The molecule has 21 heavy (non-hydrogen) atoms. The summed E-state index contributed by atoms with van der Waals surface area (Å²) in [5.41, 5.74) is 5.66. The van der Waals surface area contributed by atoms with Gasteiger partial charge in [0.15, 0.2) is 0 Å². The zero-order valence-corrected chi connectivity index (χ0v) is 12.8. The highest BCUT2D eigenvalue weighted by Crippen LogP contribution is 2.16. The van der Waals surface area contributed by atoms with Crippen molar-refractivity contribution in [2.45, 2.75) is 39.9 Å². The van der Waals surface area contributed by atoms with E-state index in [-0.39, 0.29) is 18.0 Å². The molecular weight excluding hydrogens is 276 g/mol. The van der Waals surface area contributed by atoms with E-state index in [0.717, 1.165) is 0 Å². The van der Waals surface area contributed by atoms with E-state index in [1.54, 1.807) is 27.7 Å². The summed E-state index contributed by atoms with van der Waals surface area (Å²) in [7, 11) is 0. The Kier molecular flexibility index (Phi) is 8.00. The second-order valence-electron chi connectivity index (χ2n) is 4.95. The molecule has 0 aromatic carbocycles. The van der Waals surface area contributed by atoms with Gasteiger partial charge in [0, 0.05) is 0 Å². The van der Waals surface area contributed by atoms with Gasteiger partial charge in [0.2, 0.25) is 0 Å². The van der Waals surface area contributed by atoms with Crippen molar-refractivity contribution in [1.82, 2.24) is 4.98 Å². The van der Waals surface area contributed by atoms with Crippen LogP contribution in [0.15, 0.2) is 12.1 Å². The Morgan fingerprint density at radius 3 is 2.38 bits per heavy atom. The summed E-state index contributed by atoms with van der Waals surface area (Å²) in [6.07, 6.45) is 0. The lowest BCUT2D eigenvalue weighted by atomic mass is 10.2. The lowest BCUT2D eigenvalue weighted by molar-refractivity contribution is -0.128. The number of aliphatic hydroxyl groups excluding tert-OH is 1. The minimum absolute atomic E-state index is 0.0702. The van der Waals surface area contributed by atoms with Crippen LogP contribution < -0.4 is 5.73 Å². The second kappa shape index (κ2) is 8.91. The third kappa shape index (κ3) is 7.88. The van der Waals surface area contributed by atoms with Crippen LogP contribution in [-0.2, 0) is 20.9 Å². The van der Waals surface area contributed by atoms with E-state index in [4.69, 9.17) is 15.6 Å². The van der Waals surface area contributed by atoms with Crippen molar-refractivity contribution >= 4 is 18.3 Å². The number of aliphatic hydroxyl groups is 1. The minimum Gasteiger partial charge on any atom is -0.468 e. The molecule has 0 fully saturated rings. The molecule has 0 aliphatic rings. The second-order valence-corrected chi connectivity index (χ2v) is 4.95. The van der Waals surface area contributed by atoms with Crippen LogP contribution in [0.3, 0.4) is 0 Å². The predicted molar refractivity (Wildman–Crippen MR) is 77.4 cm³/mol. The highest BCUT2D eigenvalue weighted by Gasteiger charge is 2.20. The molecule has 7 heteroatoms. The number of hydrogen-bond donors (Lipinski definition) is 2. The maximum absolute atomic E-state index is 11.7. The largest absolute Gasteiger partial charge is 0.468 e. The van der Waals surface area contributed by atoms with Crippen molar-refractivity contribution in [2.75, 3.05) is 12.3 Å². The summed E-state index contributed by atoms with van der Waals surface area (Å²) in [6, 6.07) is 3.04. The van der Waals surface area contributed by atoms with E-state index < -0.39 is 11.6 Å². The molecule has 118 valence electrons. The van der Waals surface area contributed by atoms with Crippen LogP contribution in [0.4, 0.5) is 5.82 Å². The standard InChI is InChI=1S/C11H16N2O3.C3H6O2/c1-11(2,3)16-10(15)8-5-4-7(6-14)13-9(8)12;1-2-5-3-4/h4-5,14H,6H2,1-3H3,(H2,12,13);3H,2H2,1H3. The van der Waals surface area contributed by atoms with E-state index in [1.807, 2.05) is 0 Å². The van der Waals surface area contributed by atoms with Gasteiger partial charge in [0.05, 0.1) is 18.9 Å². The zero-order chi connectivity index (χ0) is 16.5. The Morgan fingerprint density at radius 1 is 1.43 bits per heavy atom. The number of nitrogens with zero attached hydrogens (tertiary/aromatic N) is 1. The van der Waals surface area contributed by atoms with Gasteiger partial charge in [0.1, 0.15) is 17.0 Å². The number of esters is 1. The van der Waals surface area contributed by atoms with E-state index in [0.29, 0.717) is 18.8 Å². The highest BCUT2D eigenvalue weighted by molar-refractivity contribution is 5.94. The molecule has 0 saturated carbocycles. The van der Waals surface area contributed by atoms with Gasteiger partial charge in [0.25, 0.3) is 6.47 Å². The average molecular weight is 298 g/mol. The quantitative estimate of drug-likeness (QED) is 0.636. The fourth-order valence-corrected chi connectivity index (χ4v) is 1.18. The van der Waals surface area contributed by atoms with E-state index in [1.165, 1.54) is 12.1 Å². The molecule has 3 N–H and O–H groups in total. The van der Waals surface area contributed by atoms with Crippen molar-refractivity contribution in [3.05, 3.63) is 23.4 Å². The summed E-state index contributed by atoms with van der Waals surface area (Å²) >= 11 is 0. The summed E-state index contributed by atoms with van der Waals surface area (Å²) in [5.74, 6) is -0.442. The number of hydrogen-bond acceptors (Lipinski definition) is 7. The minimum atomic E-state index is -0.570. The number of nitrogens with two attached hydrogens (primary N) is 1. The number of anilines is 1. The maximum atomic E-state index is 11.7. The molecule has 7 nitrogen and oxygen atoms in total. The number of carbonyl (C=O) groups is 2. The molecule has 0 unspecified atom stereocenters. The van der Waals surface area contributed by atoms with Crippen LogP contribution in [-0.4, -0.2) is 34.7 Å². The molecule has 0 aliphatic carbocycles. The number of ether oxygens (including phenoxy) is 2. The lowest BCUT2D eigenvalue weighted by Crippen LogP contribution is -2.24. The summed E-state index contributed by atoms with van der Waals surface area (Å²) in [5, 5.41) is 8.84. The van der Waals surface area contributed by atoms with Gasteiger partial charge in [-0.1, -0.05) is 0 Å². The molecule has 1 rings (SSSR count). The van der Waals surface area contributed by atoms with Crippen molar-refractivity contribution < 1.29 is 24.2 Å². The Labute approximate surface area is 124 Å². The molecule has 1 aromatic rings. The summed E-state index contributed by atoms with van der Waals surface area (Å²) in [4.78, 5) is 24.7. The maximum Gasteiger partial charge on any atom is 0.342 e. The first-order valence-corrected chi connectivity index (χ1v) is 6.40. The molecule has 0 amide bonds. The van der Waals surface area contributed by atoms with Gasteiger partial charge in [-0.2, -0.15) is 0 Å². The fourth-order valence-electron chi connectivity index (χ4n) is 1.18. The third-order valence-corrected chi connectivity index (χ3v) is 2.00. The lowest BCUT2D eigenvalue weighted by Gasteiger charge is -2.19. The summed E-state index contributed by atoms with van der Waals surface area (Å²) < 4.78 is 9.31. The Balaban J connectivity index is 0.000000690. The van der Waals surface area contributed by atoms with E-state index in [9.17, 15) is 9.59 Å². The van der Waals surface area contributed by atoms with Gasteiger partial charge in [-0.05, 0) is 39.8 Å². The van der Waals surface area contributed by atoms with Crippen LogP contribution in [0.25, 0.3) is 0 Å². The number of aromatic nitrogens is 1. The predicted octanol–water partition coefficient (Wildman–Crippen LogP) is 1.29. The number of carbonyl (C=O) groups excluding carboxylic acids is 2. The van der Waals surface area contributed by atoms with E-state index in [2.05, 4.69) is 9.72 Å². The zero-order valence-electron chi connectivity index (χ0n) is 12.8. The molecule has 0 bridgehead atoms. The Bertz CT molecular complexity index is 469. The highest BCUT2D eigenvalue weighted by atomic mass is 16.6. The number of pyridine rings is 1. The topological polar surface area (TPSA) is 112 Å². The Morgan fingerprint density at radius 2 is 2.05 bits per heavy atom. The van der Waals surface area contributed by atoms with Crippen LogP contribution in [0.2, 0.25) is 0 Å². The van der Waals surface area contributed by atoms with Crippen LogP contribution >= 0.6 is 0 Å². The summed E-state index contributed by atoms with van der Waals surface area (Å²) in [6.45, 7) is 7.78. The van der Waals surface area contributed by atoms with Gasteiger partial charge in [-0.3, -0.25) is 4.79 Å². The smallest absolute Gasteiger partial charge is 0.342 e. The van der Waals surface area contributed by atoms with Crippen molar-refractivity contribution in [2.24, 2.45) is 0 Å². The monoisotopic (exact) mass is 298 g/mol. The first-order valence-electron chi connectivity index (χ1n) is 6.40. The fraction of sp³-hybridized carbons (Fsp3) is 0.500. The molecule has 0 spiro atoms. The molecular formula is C14H22N2O5. The first-order chi connectivity index (χ1) is 9.75. The van der Waals surface area contributed by atoms with Crippen molar-refractivity contribution in [3.63, 3.8) is 0 Å². The van der Waals surface area contributed by atoms with Crippen molar-refractivity contribution in [3.8, 4) is 0 Å². The molecule has 0 radical (unpaired) electrons.